The zero-order chi connectivity index (χ0) is 18.9. The molecule has 27 heavy (non-hydrogen) atoms. The number of aryl methyl sites for hydroxylation is 2. The number of carbonyl (C=O) groups is 1. The Morgan fingerprint density at radius 1 is 1.19 bits per heavy atom. The highest BCUT2D eigenvalue weighted by Crippen LogP contribution is 2.31. The summed E-state index contributed by atoms with van der Waals surface area (Å²) in [5.41, 5.74) is 1.10. The van der Waals surface area contributed by atoms with Crippen molar-refractivity contribution in [2.24, 2.45) is 0 Å². The number of carbonyl (C=O) groups excluding carboxylic acids is 1. The van der Waals surface area contributed by atoms with Gasteiger partial charge in [-0.15, -0.1) is 22.7 Å². The number of anilines is 1. The van der Waals surface area contributed by atoms with Crippen LogP contribution in [0, 0.1) is 0 Å². The molecule has 0 aromatic carbocycles. The van der Waals surface area contributed by atoms with Gasteiger partial charge in [-0.3, -0.25) is 4.79 Å². The van der Waals surface area contributed by atoms with Crippen molar-refractivity contribution in [1.82, 2.24) is 9.29 Å². The molecule has 0 radical (unpaired) electrons. The highest BCUT2D eigenvalue weighted by atomic mass is 32.2. The van der Waals surface area contributed by atoms with E-state index in [1.54, 1.807) is 28.8 Å². The topological polar surface area (TPSA) is 79.4 Å². The minimum absolute atomic E-state index is 0.269. The summed E-state index contributed by atoms with van der Waals surface area (Å²) in [6.07, 6.45) is 8.00. The van der Waals surface area contributed by atoms with Crippen molar-refractivity contribution in [2.45, 2.75) is 61.6 Å². The predicted molar refractivity (Wildman–Crippen MR) is 108 cm³/mol. The molecule has 2 aliphatic rings. The molecule has 146 valence electrons. The lowest BCUT2D eigenvalue weighted by atomic mass is 10.0. The van der Waals surface area contributed by atoms with Crippen LogP contribution in [0.2, 0.25) is 0 Å². The van der Waals surface area contributed by atoms with E-state index in [0.29, 0.717) is 28.7 Å². The molecule has 4 rings (SSSR count). The lowest BCUT2D eigenvalue weighted by Gasteiger charge is -2.22. The van der Waals surface area contributed by atoms with E-state index in [-0.39, 0.29) is 5.91 Å². The lowest BCUT2D eigenvalue weighted by Crippen LogP contribution is -2.42. The number of hydrogen-bond acceptors (Lipinski definition) is 6. The van der Waals surface area contributed by atoms with E-state index in [2.05, 4.69) is 10.3 Å². The average molecular weight is 426 g/mol. The van der Waals surface area contributed by atoms with Gasteiger partial charge in [-0.1, -0.05) is 18.9 Å². The fourth-order valence-corrected chi connectivity index (χ4v) is 7.59. The van der Waals surface area contributed by atoms with Gasteiger partial charge in [0, 0.05) is 11.4 Å². The molecule has 2 aromatic rings. The molecule has 3 heterocycles. The van der Waals surface area contributed by atoms with Crippen molar-refractivity contribution in [3.8, 4) is 0 Å². The van der Waals surface area contributed by atoms with Gasteiger partial charge in [0.1, 0.15) is 10.3 Å². The van der Waals surface area contributed by atoms with E-state index in [1.807, 2.05) is 0 Å². The van der Waals surface area contributed by atoms with Gasteiger partial charge < -0.3 is 5.32 Å². The van der Waals surface area contributed by atoms with Crippen LogP contribution < -0.4 is 5.32 Å². The van der Waals surface area contributed by atoms with Gasteiger partial charge in [0.05, 0.1) is 5.69 Å². The van der Waals surface area contributed by atoms with Gasteiger partial charge in [0.2, 0.25) is 5.91 Å². The average Bonchev–Trinajstić information content (AvgIpc) is 3.35. The minimum Gasteiger partial charge on any atom is -0.301 e. The summed E-state index contributed by atoms with van der Waals surface area (Å²) < 4.78 is 27.3. The van der Waals surface area contributed by atoms with Gasteiger partial charge in [-0.2, -0.15) is 4.31 Å². The second-order valence-electron chi connectivity index (χ2n) is 7.00. The molecular formula is C18H23N3O3S3. The maximum Gasteiger partial charge on any atom is 0.253 e. The van der Waals surface area contributed by atoms with Crippen LogP contribution in [0.4, 0.5) is 5.13 Å². The van der Waals surface area contributed by atoms with Crippen LogP contribution in [0.3, 0.4) is 0 Å². The summed E-state index contributed by atoms with van der Waals surface area (Å²) in [7, 11) is -3.62. The molecule has 0 spiro atoms. The fourth-order valence-electron chi connectivity index (χ4n) is 3.76. The molecule has 1 amide bonds. The van der Waals surface area contributed by atoms with Crippen LogP contribution in [0.15, 0.2) is 21.7 Å². The molecule has 1 saturated heterocycles. The molecule has 1 atom stereocenters. The van der Waals surface area contributed by atoms with E-state index in [4.69, 9.17) is 0 Å². The van der Waals surface area contributed by atoms with Crippen molar-refractivity contribution in [1.29, 1.82) is 0 Å². The van der Waals surface area contributed by atoms with Gasteiger partial charge in [-0.05, 0) is 50.0 Å². The first-order valence-electron chi connectivity index (χ1n) is 9.40. The second kappa shape index (κ2) is 7.98. The van der Waals surface area contributed by atoms with Crippen LogP contribution >= 0.6 is 22.7 Å². The smallest absolute Gasteiger partial charge is 0.253 e. The third-order valence-corrected chi connectivity index (χ3v) is 9.49. The molecule has 1 aliphatic carbocycles. The number of nitrogens with zero attached hydrogens (tertiary/aromatic N) is 2. The van der Waals surface area contributed by atoms with Crippen molar-refractivity contribution >= 4 is 43.7 Å². The number of sulfonamides is 1. The quantitative estimate of drug-likeness (QED) is 0.811. The number of fused-ring (bicyclic) bond motifs is 1. The highest BCUT2D eigenvalue weighted by molar-refractivity contribution is 7.91. The van der Waals surface area contributed by atoms with Crippen LogP contribution in [0.25, 0.3) is 0 Å². The van der Waals surface area contributed by atoms with Crippen molar-refractivity contribution in [3.05, 3.63) is 28.1 Å². The van der Waals surface area contributed by atoms with Crippen molar-refractivity contribution < 1.29 is 13.2 Å². The number of thiophene rings is 1. The van der Waals surface area contributed by atoms with Crippen LogP contribution in [-0.4, -0.2) is 36.2 Å². The first-order chi connectivity index (χ1) is 13.1. The third kappa shape index (κ3) is 3.96. The summed E-state index contributed by atoms with van der Waals surface area (Å²) >= 11 is 2.73. The third-order valence-electron chi connectivity index (χ3n) is 5.14. The zero-order valence-electron chi connectivity index (χ0n) is 15.0. The summed E-state index contributed by atoms with van der Waals surface area (Å²) in [4.78, 5) is 18.7. The molecule has 6 nitrogen and oxygen atoms in total. The molecule has 1 unspecified atom stereocenters. The van der Waals surface area contributed by atoms with Gasteiger partial charge in [-0.25, -0.2) is 13.4 Å². The predicted octanol–water partition coefficient (Wildman–Crippen LogP) is 3.66. The van der Waals surface area contributed by atoms with E-state index >= 15 is 0 Å². The first kappa shape index (κ1) is 19.0. The molecule has 9 heteroatoms. The maximum atomic E-state index is 12.8. The highest BCUT2D eigenvalue weighted by Gasteiger charge is 2.40. The molecule has 2 aromatic heterocycles. The second-order valence-corrected chi connectivity index (χ2v) is 11.1. The Hall–Kier alpha value is -1.29. The fraction of sp³-hybridized carbons (Fsp3) is 0.556. The molecule has 0 saturated carbocycles. The van der Waals surface area contributed by atoms with Crippen LogP contribution in [0.1, 0.15) is 49.1 Å². The van der Waals surface area contributed by atoms with Crippen LogP contribution in [-0.2, 0) is 27.7 Å². The zero-order valence-corrected chi connectivity index (χ0v) is 17.5. The van der Waals surface area contributed by atoms with Crippen molar-refractivity contribution in [3.63, 3.8) is 0 Å². The van der Waals surface area contributed by atoms with Gasteiger partial charge in [0.25, 0.3) is 10.0 Å². The summed E-state index contributed by atoms with van der Waals surface area (Å²) in [5.74, 6) is -0.269. The SMILES string of the molecule is O=C(Nc1nc2c(s1)CCCCCC2)C1CCCN1S(=O)(=O)c1cccs1. The Bertz CT molecular complexity index is 880. The molecule has 1 N–H and O–H groups in total. The Morgan fingerprint density at radius 3 is 2.78 bits per heavy atom. The molecular weight excluding hydrogens is 402 g/mol. The Morgan fingerprint density at radius 2 is 2.00 bits per heavy atom. The number of aromatic nitrogens is 1. The standard InChI is InChI=1S/C18H23N3O3S3/c22-17(20-18-19-13-7-3-1-2-4-9-15(13)26-18)14-8-5-11-21(14)27(23,24)16-10-6-12-25-16/h6,10,12,14H,1-5,7-9,11H2,(H,19,20,22). The number of thiazole rings is 1. The van der Waals surface area contributed by atoms with E-state index < -0.39 is 16.1 Å². The van der Waals surface area contributed by atoms with Crippen LogP contribution in [0.5, 0.6) is 0 Å². The number of hydrogen-bond donors (Lipinski definition) is 1. The number of amides is 1. The molecule has 0 bridgehead atoms. The minimum atomic E-state index is -3.62. The summed E-state index contributed by atoms with van der Waals surface area (Å²) in [6, 6.07) is 2.64. The number of rotatable bonds is 4. The Balaban J connectivity index is 1.50. The van der Waals surface area contributed by atoms with Crippen molar-refractivity contribution in [2.75, 3.05) is 11.9 Å². The molecule has 1 fully saturated rings. The van der Waals surface area contributed by atoms with E-state index in [9.17, 15) is 13.2 Å². The van der Waals surface area contributed by atoms with Gasteiger partial charge in [0.15, 0.2) is 5.13 Å². The van der Waals surface area contributed by atoms with Gasteiger partial charge >= 0.3 is 0 Å². The Kier molecular flexibility index (Phi) is 5.63. The van der Waals surface area contributed by atoms with E-state index in [0.717, 1.165) is 31.4 Å². The maximum absolute atomic E-state index is 12.8. The monoisotopic (exact) mass is 425 g/mol. The number of nitrogens with one attached hydrogen (secondary N) is 1. The summed E-state index contributed by atoms with van der Waals surface area (Å²) in [6.45, 7) is 0.382. The molecule has 1 aliphatic heterocycles. The summed E-state index contributed by atoms with van der Waals surface area (Å²) in [5, 5.41) is 5.24. The first-order valence-corrected chi connectivity index (χ1v) is 12.5. The normalized spacial score (nSPS) is 21.4. The lowest BCUT2D eigenvalue weighted by molar-refractivity contribution is -0.119. The largest absolute Gasteiger partial charge is 0.301 e. The Labute approximate surface area is 167 Å². The van der Waals surface area contributed by atoms with E-state index in [1.165, 1.54) is 33.4 Å².